The topological polar surface area (TPSA) is 20.2 Å². The Balaban J connectivity index is 2.13. The zero-order valence-electron chi connectivity index (χ0n) is 10.5. The van der Waals surface area contributed by atoms with Crippen molar-refractivity contribution in [2.45, 2.75) is 38.5 Å². The summed E-state index contributed by atoms with van der Waals surface area (Å²) in [5.74, 6) is -1.98. The number of phenolic OH excluding ortho intramolecular Hbond substituents is 1. The van der Waals surface area contributed by atoms with Gasteiger partial charge >= 0.3 is 0 Å². The third kappa shape index (κ3) is 2.55. The first kappa shape index (κ1) is 13.1. The zero-order valence-corrected chi connectivity index (χ0v) is 10.5. The minimum absolute atomic E-state index is 0.0709. The number of allylic oxidation sites excluding steroid dienone is 2. The van der Waals surface area contributed by atoms with Gasteiger partial charge in [0, 0.05) is 0 Å². The van der Waals surface area contributed by atoms with Gasteiger partial charge in [-0.15, -0.1) is 0 Å². The van der Waals surface area contributed by atoms with Crippen molar-refractivity contribution in [1.29, 1.82) is 0 Å². The molecule has 1 saturated carbocycles. The molecule has 2 rings (SSSR count). The molecule has 1 fully saturated rings. The molecule has 1 aromatic carbocycles. The Morgan fingerprint density at radius 2 is 1.78 bits per heavy atom. The highest BCUT2D eigenvalue weighted by atomic mass is 19.2. The van der Waals surface area contributed by atoms with E-state index in [4.69, 9.17) is 5.11 Å². The van der Waals surface area contributed by atoms with Gasteiger partial charge in [0.25, 0.3) is 0 Å². The molecule has 3 heteroatoms. The average Bonchev–Trinajstić information content (AvgIpc) is 2.38. The van der Waals surface area contributed by atoms with E-state index in [9.17, 15) is 8.78 Å². The monoisotopic (exact) mass is 252 g/mol. The normalized spacial score (nSPS) is 24.6. The Kier molecular flexibility index (Phi) is 4.00. The van der Waals surface area contributed by atoms with Gasteiger partial charge in [-0.3, -0.25) is 0 Å². The smallest absolute Gasteiger partial charge is 0.200 e. The van der Waals surface area contributed by atoms with Crippen molar-refractivity contribution in [2.24, 2.45) is 5.92 Å². The maximum atomic E-state index is 13.7. The second-order valence-electron chi connectivity index (χ2n) is 4.94. The molecule has 0 amide bonds. The molecule has 0 aliphatic heterocycles. The number of hydrogen-bond acceptors (Lipinski definition) is 1. The summed E-state index contributed by atoms with van der Waals surface area (Å²) >= 11 is 0. The summed E-state index contributed by atoms with van der Waals surface area (Å²) in [5.41, 5.74) is 0.407. The first-order valence-corrected chi connectivity index (χ1v) is 6.43. The zero-order chi connectivity index (χ0) is 13.1. The number of halogens is 2. The molecule has 98 valence electrons. The molecule has 0 aromatic heterocycles. The van der Waals surface area contributed by atoms with Crippen LogP contribution in [0.3, 0.4) is 0 Å². The van der Waals surface area contributed by atoms with E-state index in [1.807, 2.05) is 13.0 Å². The first-order valence-electron chi connectivity index (χ1n) is 6.43. The highest BCUT2D eigenvalue weighted by Crippen LogP contribution is 2.38. The fourth-order valence-electron chi connectivity index (χ4n) is 2.76. The number of aromatic hydroxyl groups is 1. The SMILES string of the molecule is C/C=C/C1CCC(c2ccc(O)c(F)c2F)CC1. The van der Waals surface area contributed by atoms with E-state index in [1.54, 1.807) is 0 Å². The van der Waals surface area contributed by atoms with E-state index in [-0.39, 0.29) is 5.92 Å². The molecule has 18 heavy (non-hydrogen) atoms. The van der Waals surface area contributed by atoms with Gasteiger partial charge < -0.3 is 5.11 Å². The van der Waals surface area contributed by atoms with Crippen LogP contribution < -0.4 is 0 Å². The lowest BCUT2D eigenvalue weighted by atomic mass is 9.78. The Morgan fingerprint density at radius 1 is 1.11 bits per heavy atom. The van der Waals surface area contributed by atoms with Gasteiger partial charge in [0.1, 0.15) is 0 Å². The van der Waals surface area contributed by atoms with E-state index in [1.165, 1.54) is 12.1 Å². The van der Waals surface area contributed by atoms with Gasteiger partial charge in [0.05, 0.1) is 0 Å². The highest BCUT2D eigenvalue weighted by molar-refractivity contribution is 5.32. The molecule has 1 aliphatic carbocycles. The summed E-state index contributed by atoms with van der Waals surface area (Å²) in [7, 11) is 0. The van der Waals surface area contributed by atoms with Crippen molar-refractivity contribution in [3.8, 4) is 5.75 Å². The molecule has 1 aromatic rings. The van der Waals surface area contributed by atoms with Crippen molar-refractivity contribution in [1.82, 2.24) is 0 Å². The summed E-state index contributed by atoms with van der Waals surface area (Å²) in [5, 5.41) is 9.11. The number of phenols is 1. The number of benzene rings is 1. The quantitative estimate of drug-likeness (QED) is 0.767. The van der Waals surface area contributed by atoms with Gasteiger partial charge in [-0.1, -0.05) is 18.2 Å². The Labute approximate surface area is 106 Å². The molecule has 1 aliphatic rings. The molecule has 0 atom stereocenters. The van der Waals surface area contributed by atoms with Crippen LogP contribution >= 0.6 is 0 Å². The molecule has 0 heterocycles. The van der Waals surface area contributed by atoms with Crippen LogP contribution in [0.2, 0.25) is 0 Å². The van der Waals surface area contributed by atoms with E-state index in [2.05, 4.69) is 6.08 Å². The van der Waals surface area contributed by atoms with Crippen molar-refractivity contribution < 1.29 is 13.9 Å². The van der Waals surface area contributed by atoms with Crippen LogP contribution in [0.25, 0.3) is 0 Å². The maximum absolute atomic E-state index is 13.7. The molecule has 0 bridgehead atoms. The Hall–Kier alpha value is -1.38. The molecule has 1 nitrogen and oxygen atoms in total. The third-order valence-corrected chi connectivity index (χ3v) is 3.77. The molecule has 1 N–H and O–H groups in total. The largest absolute Gasteiger partial charge is 0.505 e. The summed E-state index contributed by atoms with van der Waals surface area (Å²) in [6, 6.07) is 2.75. The average molecular weight is 252 g/mol. The molecule has 0 spiro atoms. The van der Waals surface area contributed by atoms with Crippen molar-refractivity contribution in [3.63, 3.8) is 0 Å². The predicted octanol–water partition coefficient (Wildman–Crippen LogP) is 4.52. The molecular weight excluding hydrogens is 234 g/mol. The standard InChI is InChI=1S/C15H18F2O/c1-2-3-10-4-6-11(7-5-10)12-8-9-13(18)15(17)14(12)16/h2-3,8-11,18H,4-7H2,1H3/b3-2+. The molecular formula is C15H18F2O. The van der Waals surface area contributed by atoms with Gasteiger partial charge in [0.15, 0.2) is 11.6 Å². The van der Waals surface area contributed by atoms with E-state index < -0.39 is 17.4 Å². The van der Waals surface area contributed by atoms with Crippen LogP contribution in [0.5, 0.6) is 5.75 Å². The summed E-state index contributed by atoms with van der Waals surface area (Å²) < 4.78 is 27.1. The lowest BCUT2D eigenvalue weighted by Gasteiger charge is -2.27. The third-order valence-electron chi connectivity index (χ3n) is 3.77. The Bertz CT molecular complexity index is 446. The first-order chi connectivity index (χ1) is 8.63. The summed E-state index contributed by atoms with van der Waals surface area (Å²) in [4.78, 5) is 0. The maximum Gasteiger partial charge on any atom is 0.200 e. The van der Waals surface area contributed by atoms with Crippen molar-refractivity contribution in [2.75, 3.05) is 0 Å². The van der Waals surface area contributed by atoms with Crippen LogP contribution in [-0.2, 0) is 0 Å². The van der Waals surface area contributed by atoms with E-state index in [0.29, 0.717) is 11.5 Å². The predicted molar refractivity (Wildman–Crippen MR) is 67.5 cm³/mol. The molecule has 0 saturated heterocycles. The second-order valence-corrected chi connectivity index (χ2v) is 4.94. The highest BCUT2D eigenvalue weighted by Gasteiger charge is 2.25. The second kappa shape index (κ2) is 5.51. The number of hydrogen-bond donors (Lipinski definition) is 1. The van der Waals surface area contributed by atoms with Gasteiger partial charge in [-0.05, 0) is 56.1 Å². The lowest BCUT2D eigenvalue weighted by Crippen LogP contribution is -2.13. The van der Waals surface area contributed by atoms with Crippen molar-refractivity contribution >= 4 is 0 Å². The Morgan fingerprint density at radius 3 is 2.39 bits per heavy atom. The van der Waals surface area contributed by atoms with E-state index >= 15 is 0 Å². The summed E-state index contributed by atoms with van der Waals surface area (Å²) in [6.07, 6.45) is 8.00. The lowest BCUT2D eigenvalue weighted by molar-refractivity contribution is 0.357. The van der Waals surface area contributed by atoms with Crippen LogP contribution in [0.15, 0.2) is 24.3 Å². The molecule has 0 unspecified atom stereocenters. The minimum Gasteiger partial charge on any atom is -0.505 e. The van der Waals surface area contributed by atoms with Crippen LogP contribution in [0.1, 0.15) is 44.1 Å². The van der Waals surface area contributed by atoms with Gasteiger partial charge in [-0.2, -0.15) is 4.39 Å². The summed E-state index contributed by atoms with van der Waals surface area (Å²) in [6.45, 7) is 2.00. The fraction of sp³-hybridized carbons (Fsp3) is 0.467. The molecule has 0 radical (unpaired) electrons. The van der Waals surface area contributed by atoms with Gasteiger partial charge in [-0.25, -0.2) is 4.39 Å². The van der Waals surface area contributed by atoms with E-state index in [0.717, 1.165) is 25.7 Å². The van der Waals surface area contributed by atoms with Crippen LogP contribution in [0, 0.1) is 17.6 Å². The van der Waals surface area contributed by atoms with Crippen molar-refractivity contribution in [3.05, 3.63) is 41.5 Å². The van der Waals surface area contributed by atoms with Gasteiger partial charge in [0.2, 0.25) is 5.82 Å². The van der Waals surface area contributed by atoms with Crippen LogP contribution in [0.4, 0.5) is 8.78 Å². The fourth-order valence-corrected chi connectivity index (χ4v) is 2.76. The number of rotatable bonds is 2. The minimum atomic E-state index is -1.12. The van der Waals surface area contributed by atoms with Crippen LogP contribution in [-0.4, -0.2) is 5.11 Å².